The molecule has 1 aliphatic heterocycles. The molecule has 0 atom stereocenters. The fourth-order valence-corrected chi connectivity index (χ4v) is 3.64. The quantitative estimate of drug-likeness (QED) is 0.539. The van der Waals surface area contributed by atoms with Crippen LogP contribution in [0.25, 0.3) is 5.57 Å². The van der Waals surface area contributed by atoms with Crippen LogP contribution < -0.4 is 15.4 Å². The standard InChI is InChI=1S/C27H32N4O2/c1-4-23(9-7-20(2)6-5-11-28)25-10-8-22(19-29)17-26(25)33-24-16-21(3)30-27(18-24)31-12-14-32-15-13-31/h4,7-10,16-18H,1,5-6,11-15,28H2,2-3H3/b20-7+,23-9+. The number of allylic oxidation sites excluding steroid dienone is 5. The van der Waals surface area contributed by atoms with Gasteiger partial charge in [-0.3, -0.25) is 0 Å². The van der Waals surface area contributed by atoms with E-state index in [1.807, 2.05) is 31.2 Å². The van der Waals surface area contributed by atoms with Gasteiger partial charge in [0.2, 0.25) is 0 Å². The first-order valence-electron chi connectivity index (χ1n) is 11.3. The van der Waals surface area contributed by atoms with Crippen molar-refractivity contribution in [2.45, 2.75) is 26.7 Å². The van der Waals surface area contributed by atoms with E-state index in [-0.39, 0.29) is 0 Å². The molecule has 0 bridgehead atoms. The van der Waals surface area contributed by atoms with E-state index >= 15 is 0 Å². The SMILES string of the molecule is C=C/C(=C\C=C(/C)CCCN)c1ccc(C#N)cc1Oc1cc(C)nc(N2CCOCC2)c1. The lowest BCUT2D eigenvalue weighted by atomic mass is 10.0. The van der Waals surface area contributed by atoms with Gasteiger partial charge in [-0.1, -0.05) is 30.4 Å². The van der Waals surface area contributed by atoms with E-state index in [4.69, 9.17) is 15.2 Å². The van der Waals surface area contributed by atoms with Gasteiger partial charge in [-0.2, -0.15) is 5.26 Å². The molecule has 0 radical (unpaired) electrons. The summed E-state index contributed by atoms with van der Waals surface area (Å²) in [5, 5.41) is 9.44. The first kappa shape index (κ1) is 24.2. The Morgan fingerprint density at radius 2 is 2.06 bits per heavy atom. The maximum Gasteiger partial charge on any atom is 0.136 e. The maximum absolute atomic E-state index is 9.44. The molecule has 0 spiro atoms. The van der Waals surface area contributed by atoms with Gasteiger partial charge in [0.15, 0.2) is 0 Å². The number of nitriles is 1. The molecule has 1 saturated heterocycles. The van der Waals surface area contributed by atoms with E-state index < -0.39 is 0 Å². The fraction of sp³-hybridized carbons (Fsp3) is 0.333. The van der Waals surface area contributed by atoms with E-state index in [9.17, 15) is 5.26 Å². The number of aryl methyl sites for hydroxylation is 1. The summed E-state index contributed by atoms with van der Waals surface area (Å²) in [6, 6.07) is 11.5. The van der Waals surface area contributed by atoms with E-state index in [0.717, 1.165) is 48.6 Å². The predicted octanol–water partition coefficient (Wildman–Crippen LogP) is 5.15. The second-order valence-electron chi connectivity index (χ2n) is 8.06. The highest BCUT2D eigenvalue weighted by Gasteiger charge is 2.15. The second-order valence-corrected chi connectivity index (χ2v) is 8.06. The number of morpholine rings is 1. The molecule has 1 aromatic heterocycles. The van der Waals surface area contributed by atoms with Crippen molar-refractivity contribution in [2.24, 2.45) is 5.73 Å². The van der Waals surface area contributed by atoms with Gasteiger partial charge < -0.3 is 20.1 Å². The third kappa shape index (κ3) is 6.79. The number of aromatic nitrogens is 1. The number of nitrogens with two attached hydrogens (primary N) is 1. The zero-order chi connectivity index (χ0) is 23.6. The third-order valence-electron chi connectivity index (χ3n) is 5.44. The number of hydrogen-bond acceptors (Lipinski definition) is 6. The molecule has 6 heteroatoms. The summed E-state index contributed by atoms with van der Waals surface area (Å²) in [6.45, 7) is 11.7. The Morgan fingerprint density at radius 1 is 1.27 bits per heavy atom. The summed E-state index contributed by atoms with van der Waals surface area (Å²) in [7, 11) is 0. The number of benzene rings is 1. The minimum atomic E-state index is 0.533. The van der Waals surface area contributed by atoms with E-state index in [2.05, 4.69) is 35.5 Å². The fourth-order valence-electron chi connectivity index (χ4n) is 3.64. The number of pyridine rings is 1. The van der Waals surface area contributed by atoms with Gasteiger partial charge in [-0.15, -0.1) is 0 Å². The molecular weight excluding hydrogens is 412 g/mol. The van der Waals surface area contributed by atoms with Crippen LogP contribution in [0.1, 0.15) is 36.6 Å². The largest absolute Gasteiger partial charge is 0.456 e. The summed E-state index contributed by atoms with van der Waals surface area (Å²) < 4.78 is 11.8. The monoisotopic (exact) mass is 444 g/mol. The number of nitrogens with zero attached hydrogens (tertiary/aromatic N) is 3. The third-order valence-corrected chi connectivity index (χ3v) is 5.44. The first-order chi connectivity index (χ1) is 16.0. The van der Waals surface area contributed by atoms with Crippen molar-refractivity contribution in [1.29, 1.82) is 5.26 Å². The number of anilines is 1. The molecule has 0 amide bonds. The summed E-state index contributed by atoms with van der Waals surface area (Å²) >= 11 is 0. The average Bonchev–Trinajstić information content (AvgIpc) is 2.84. The molecule has 0 saturated carbocycles. The van der Waals surface area contributed by atoms with Crippen LogP contribution >= 0.6 is 0 Å². The zero-order valence-electron chi connectivity index (χ0n) is 19.5. The zero-order valence-corrected chi connectivity index (χ0v) is 19.5. The van der Waals surface area contributed by atoms with Crippen LogP contribution in [0.4, 0.5) is 5.82 Å². The van der Waals surface area contributed by atoms with Gasteiger partial charge in [0, 0.05) is 36.5 Å². The number of hydrogen-bond donors (Lipinski definition) is 1. The minimum absolute atomic E-state index is 0.533. The Bertz CT molecular complexity index is 1080. The molecule has 6 nitrogen and oxygen atoms in total. The Kier molecular flexibility index (Phi) is 8.82. The molecule has 33 heavy (non-hydrogen) atoms. The van der Waals surface area contributed by atoms with Crippen LogP contribution in [-0.2, 0) is 4.74 Å². The van der Waals surface area contributed by atoms with Crippen LogP contribution in [0.2, 0.25) is 0 Å². The number of ether oxygens (including phenoxy) is 2. The second kappa shape index (κ2) is 12.0. The molecule has 0 unspecified atom stereocenters. The molecule has 0 aliphatic carbocycles. The highest BCUT2D eigenvalue weighted by atomic mass is 16.5. The maximum atomic E-state index is 9.44. The molecule has 2 heterocycles. The van der Waals surface area contributed by atoms with Gasteiger partial charge in [-0.05, 0) is 57.0 Å². The summed E-state index contributed by atoms with van der Waals surface area (Å²) in [4.78, 5) is 6.87. The van der Waals surface area contributed by atoms with Crippen LogP contribution in [0, 0.1) is 18.3 Å². The van der Waals surface area contributed by atoms with Gasteiger partial charge in [0.25, 0.3) is 0 Å². The smallest absolute Gasteiger partial charge is 0.136 e. The van der Waals surface area contributed by atoms with Crippen molar-refractivity contribution in [3.8, 4) is 17.6 Å². The van der Waals surface area contributed by atoms with Crippen molar-refractivity contribution in [1.82, 2.24) is 4.98 Å². The highest BCUT2D eigenvalue weighted by molar-refractivity contribution is 5.79. The van der Waals surface area contributed by atoms with Gasteiger partial charge in [0.1, 0.15) is 17.3 Å². The molecule has 3 rings (SSSR count). The van der Waals surface area contributed by atoms with Crippen LogP contribution in [-0.4, -0.2) is 37.8 Å². The lowest BCUT2D eigenvalue weighted by Gasteiger charge is -2.28. The molecule has 172 valence electrons. The van der Waals surface area contributed by atoms with Crippen molar-refractivity contribution in [2.75, 3.05) is 37.7 Å². The minimum Gasteiger partial charge on any atom is -0.456 e. The molecule has 1 aromatic carbocycles. The topological polar surface area (TPSA) is 84.4 Å². The van der Waals surface area contributed by atoms with Crippen molar-refractivity contribution < 1.29 is 9.47 Å². The summed E-state index contributed by atoms with van der Waals surface area (Å²) in [5.74, 6) is 2.15. The van der Waals surface area contributed by atoms with E-state index in [1.54, 1.807) is 18.2 Å². The average molecular weight is 445 g/mol. The van der Waals surface area contributed by atoms with Gasteiger partial charge in [-0.25, -0.2) is 4.98 Å². The van der Waals surface area contributed by atoms with E-state index in [1.165, 1.54) is 5.57 Å². The first-order valence-corrected chi connectivity index (χ1v) is 11.3. The normalized spacial score (nSPS) is 14.7. The number of rotatable bonds is 9. The Hall–Kier alpha value is -3.40. The Morgan fingerprint density at radius 3 is 2.76 bits per heavy atom. The van der Waals surface area contributed by atoms with Crippen molar-refractivity contribution in [3.05, 3.63) is 77.5 Å². The molecule has 2 N–H and O–H groups in total. The molecule has 1 fully saturated rings. The van der Waals surface area contributed by atoms with Crippen LogP contribution in [0.15, 0.2) is 60.7 Å². The van der Waals surface area contributed by atoms with Crippen LogP contribution in [0.5, 0.6) is 11.5 Å². The molecule has 2 aromatic rings. The van der Waals surface area contributed by atoms with Crippen molar-refractivity contribution >= 4 is 11.4 Å². The highest BCUT2D eigenvalue weighted by Crippen LogP contribution is 2.33. The Labute approximate surface area is 196 Å². The summed E-state index contributed by atoms with van der Waals surface area (Å²) in [5.41, 5.74) is 10.1. The lowest BCUT2D eigenvalue weighted by molar-refractivity contribution is 0.122. The lowest BCUT2D eigenvalue weighted by Crippen LogP contribution is -2.36. The molecule has 1 aliphatic rings. The van der Waals surface area contributed by atoms with Crippen LogP contribution in [0.3, 0.4) is 0 Å². The van der Waals surface area contributed by atoms with Gasteiger partial charge >= 0.3 is 0 Å². The summed E-state index contributed by atoms with van der Waals surface area (Å²) in [6.07, 6.45) is 7.83. The predicted molar refractivity (Wildman–Crippen MR) is 133 cm³/mol. The molecular formula is C27H32N4O2. The van der Waals surface area contributed by atoms with Gasteiger partial charge in [0.05, 0.1) is 24.8 Å². The van der Waals surface area contributed by atoms with E-state index in [0.29, 0.717) is 36.8 Å². The Balaban J connectivity index is 1.95. The van der Waals surface area contributed by atoms with Crippen molar-refractivity contribution in [3.63, 3.8) is 0 Å².